The van der Waals surface area contributed by atoms with Gasteiger partial charge in [0.15, 0.2) is 0 Å². The molecule has 0 aliphatic carbocycles. The maximum absolute atomic E-state index is 13.0. The number of hydrogen-bond donors (Lipinski definition) is 0. The molecular formula is C18H24FN. The second kappa shape index (κ2) is 4.70. The molecule has 2 fully saturated rings. The Balaban J connectivity index is 1.87. The molecule has 2 aliphatic rings. The molecule has 1 nitrogen and oxygen atoms in total. The molecule has 1 aromatic rings. The second-order valence-corrected chi connectivity index (χ2v) is 7.34. The van der Waals surface area contributed by atoms with Crippen LogP contribution < -0.4 is 0 Å². The fourth-order valence-corrected chi connectivity index (χ4v) is 4.05. The van der Waals surface area contributed by atoms with Crippen molar-refractivity contribution in [3.63, 3.8) is 0 Å². The third-order valence-corrected chi connectivity index (χ3v) is 5.17. The molecular weight excluding hydrogens is 249 g/mol. The normalized spacial score (nSPS) is 29.1. The van der Waals surface area contributed by atoms with Crippen molar-refractivity contribution >= 4 is 6.08 Å². The van der Waals surface area contributed by atoms with Gasteiger partial charge in [0.25, 0.3) is 0 Å². The number of benzene rings is 1. The molecule has 20 heavy (non-hydrogen) atoms. The van der Waals surface area contributed by atoms with Crippen LogP contribution in [0.2, 0.25) is 0 Å². The summed E-state index contributed by atoms with van der Waals surface area (Å²) in [6.45, 7) is 9.40. The summed E-state index contributed by atoms with van der Waals surface area (Å²) in [4.78, 5) is 2.67. The highest BCUT2D eigenvalue weighted by molar-refractivity contribution is 5.54. The third kappa shape index (κ3) is 2.20. The Morgan fingerprint density at radius 2 is 1.90 bits per heavy atom. The van der Waals surface area contributed by atoms with Gasteiger partial charge in [-0.25, -0.2) is 4.39 Å². The van der Waals surface area contributed by atoms with Gasteiger partial charge < -0.3 is 0 Å². The predicted molar refractivity (Wildman–Crippen MR) is 82.0 cm³/mol. The fourth-order valence-electron chi connectivity index (χ4n) is 4.05. The number of rotatable bonds is 1. The fraction of sp³-hybridized carbons (Fsp3) is 0.556. The van der Waals surface area contributed by atoms with Crippen molar-refractivity contribution in [3.8, 4) is 0 Å². The van der Waals surface area contributed by atoms with Crippen LogP contribution in [0.1, 0.15) is 45.6 Å². The van der Waals surface area contributed by atoms with E-state index in [1.54, 1.807) is 12.1 Å². The Kier molecular flexibility index (Phi) is 3.24. The smallest absolute Gasteiger partial charge is 0.123 e. The summed E-state index contributed by atoms with van der Waals surface area (Å²) in [5.41, 5.74) is 3.25. The van der Waals surface area contributed by atoms with Gasteiger partial charge in [0, 0.05) is 12.1 Å². The van der Waals surface area contributed by atoms with Crippen LogP contribution in [0.3, 0.4) is 0 Å². The van der Waals surface area contributed by atoms with E-state index in [4.69, 9.17) is 0 Å². The maximum atomic E-state index is 13.0. The van der Waals surface area contributed by atoms with Gasteiger partial charge in [-0.2, -0.15) is 0 Å². The zero-order valence-corrected chi connectivity index (χ0v) is 12.7. The van der Waals surface area contributed by atoms with E-state index >= 15 is 0 Å². The molecule has 0 amide bonds. The van der Waals surface area contributed by atoms with E-state index in [-0.39, 0.29) is 5.82 Å². The molecule has 1 unspecified atom stereocenters. The molecule has 108 valence electrons. The number of hydrogen-bond acceptors (Lipinski definition) is 1. The summed E-state index contributed by atoms with van der Waals surface area (Å²) in [6.07, 6.45) is 6.04. The van der Waals surface area contributed by atoms with Crippen LogP contribution in [0.4, 0.5) is 4.39 Å². The van der Waals surface area contributed by atoms with Crippen LogP contribution in [0.5, 0.6) is 0 Å². The number of halogens is 1. The molecule has 2 heterocycles. The molecule has 0 spiro atoms. The lowest BCUT2D eigenvalue weighted by molar-refractivity contribution is 0.0644. The van der Waals surface area contributed by atoms with Crippen LogP contribution in [-0.4, -0.2) is 23.5 Å². The minimum atomic E-state index is -0.162. The van der Waals surface area contributed by atoms with Crippen molar-refractivity contribution in [1.29, 1.82) is 0 Å². The molecule has 0 aromatic heterocycles. The Labute approximate surface area is 121 Å². The van der Waals surface area contributed by atoms with Crippen molar-refractivity contribution in [2.24, 2.45) is 5.41 Å². The van der Waals surface area contributed by atoms with Crippen molar-refractivity contribution < 1.29 is 4.39 Å². The quantitative estimate of drug-likeness (QED) is 0.728. The van der Waals surface area contributed by atoms with Gasteiger partial charge in [0.2, 0.25) is 0 Å². The van der Waals surface area contributed by atoms with Crippen molar-refractivity contribution in [1.82, 2.24) is 4.90 Å². The van der Waals surface area contributed by atoms with E-state index in [9.17, 15) is 4.39 Å². The zero-order chi connectivity index (χ0) is 14.4. The van der Waals surface area contributed by atoms with Crippen molar-refractivity contribution in [3.05, 3.63) is 41.2 Å². The first kappa shape index (κ1) is 13.8. The summed E-state index contributed by atoms with van der Waals surface area (Å²) >= 11 is 0. The second-order valence-electron chi connectivity index (χ2n) is 7.34. The van der Waals surface area contributed by atoms with Crippen molar-refractivity contribution in [2.75, 3.05) is 13.1 Å². The van der Waals surface area contributed by atoms with E-state index in [1.165, 1.54) is 25.0 Å². The largest absolute Gasteiger partial charge is 0.293 e. The molecule has 0 saturated carbocycles. The van der Waals surface area contributed by atoms with Crippen LogP contribution in [0.15, 0.2) is 29.8 Å². The molecule has 1 atom stereocenters. The zero-order valence-electron chi connectivity index (χ0n) is 12.7. The Bertz CT molecular complexity index is 523. The van der Waals surface area contributed by atoms with Gasteiger partial charge in [-0.3, -0.25) is 4.90 Å². The van der Waals surface area contributed by atoms with Gasteiger partial charge in [0.1, 0.15) is 5.82 Å². The first-order chi connectivity index (χ1) is 9.41. The van der Waals surface area contributed by atoms with Crippen LogP contribution >= 0.6 is 0 Å². The summed E-state index contributed by atoms with van der Waals surface area (Å²) in [5.74, 6) is -0.162. The molecule has 1 aromatic carbocycles. The molecule has 0 bridgehead atoms. The first-order valence-corrected chi connectivity index (χ1v) is 7.61. The van der Waals surface area contributed by atoms with Gasteiger partial charge in [-0.05, 0) is 48.9 Å². The van der Waals surface area contributed by atoms with Crippen LogP contribution in [0.25, 0.3) is 6.08 Å². The van der Waals surface area contributed by atoms with Crippen molar-refractivity contribution in [2.45, 2.75) is 45.6 Å². The van der Waals surface area contributed by atoms with Gasteiger partial charge in [-0.15, -0.1) is 0 Å². The lowest BCUT2D eigenvalue weighted by Crippen LogP contribution is -2.48. The van der Waals surface area contributed by atoms with E-state index in [1.807, 2.05) is 12.1 Å². The number of nitrogens with zero attached hydrogens (tertiary/aromatic N) is 1. The Morgan fingerprint density at radius 1 is 1.20 bits per heavy atom. The highest BCUT2D eigenvalue weighted by Crippen LogP contribution is 2.51. The van der Waals surface area contributed by atoms with E-state index in [0.29, 0.717) is 11.0 Å². The third-order valence-electron chi connectivity index (χ3n) is 5.17. The van der Waals surface area contributed by atoms with Crippen LogP contribution in [-0.2, 0) is 0 Å². The molecule has 3 rings (SSSR count). The highest BCUT2D eigenvalue weighted by Gasteiger charge is 2.52. The Morgan fingerprint density at radius 3 is 2.50 bits per heavy atom. The van der Waals surface area contributed by atoms with Gasteiger partial charge in [-0.1, -0.05) is 44.6 Å². The van der Waals surface area contributed by atoms with Crippen LogP contribution in [0, 0.1) is 11.2 Å². The standard InChI is InChI=1S/C18H24FN/c1-17(2,3)18-9-4-10-20(18)13-15(12-18)11-14-5-7-16(19)8-6-14/h5-8,11H,4,9-10,12-13H2,1-3H3/b15-11-. The summed E-state index contributed by atoms with van der Waals surface area (Å²) in [7, 11) is 0. The van der Waals surface area contributed by atoms with E-state index in [2.05, 4.69) is 31.7 Å². The molecule has 2 aliphatic heterocycles. The molecule has 0 N–H and O–H groups in total. The molecule has 2 saturated heterocycles. The predicted octanol–water partition coefficient (Wildman–Crippen LogP) is 4.49. The minimum absolute atomic E-state index is 0.162. The maximum Gasteiger partial charge on any atom is 0.123 e. The summed E-state index contributed by atoms with van der Waals surface area (Å²) < 4.78 is 13.0. The molecule has 0 radical (unpaired) electrons. The van der Waals surface area contributed by atoms with Gasteiger partial charge >= 0.3 is 0 Å². The summed E-state index contributed by atoms with van der Waals surface area (Å²) in [6, 6.07) is 6.83. The SMILES string of the molecule is CC(C)(C)C12CCCN1C/C(=C\c1ccc(F)cc1)C2. The molecule has 2 heteroatoms. The topological polar surface area (TPSA) is 3.24 Å². The lowest BCUT2D eigenvalue weighted by Gasteiger charge is -2.44. The average Bonchev–Trinajstić information content (AvgIpc) is 2.89. The summed E-state index contributed by atoms with van der Waals surface area (Å²) in [5, 5.41) is 0. The van der Waals surface area contributed by atoms with E-state index < -0.39 is 0 Å². The highest BCUT2D eigenvalue weighted by atomic mass is 19.1. The average molecular weight is 273 g/mol. The Hall–Kier alpha value is -1.15. The number of fused-ring (bicyclic) bond motifs is 1. The monoisotopic (exact) mass is 273 g/mol. The van der Waals surface area contributed by atoms with Gasteiger partial charge in [0.05, 0.1) is 0 Å². The minimum Gasteiger partial charge on any atom is -0.293 e. The first-order valence-electron chi connectivity index (χ1n) is 7.61. The van der Waals surface area contributed by atoms with E-state index in [0.717, 1.165) is 18.5 Å². The lowest BCUT2D eigenvalue weighted by atomic mass is 9.70.